The van der Waals surface area contributed by atoms with Crippen LogP contribution in [0.15, 0.2) is 48.7 Å². The first-order valence-electron chi connectivity index (χ1n) is 14.1. The Morgan fingerprint density at radius 1 is 1.00 bits per heavy atom. The lowest BCUT2D eigenvalue weighted by molar-refractivity contribution is -0.137. The quantitative estimate of drug-likeness (QED) is 0.435. The monoisotopic (exact) mass is 563 g/mol. The number of benzene rings is 1. The topological polar surface area (TPSA) is 83.4 Å². The number of hydrogen-bond acceptors (Lipinski definition) is 7. The highest BCUT2D eigenvalue weighted by molar-refractivity contribution is 5.76. The van der Waals surface area contributed by atoms with Gasteiger partial charge in [-0.2, -0.15) is 13.2 Å². The van der Waals surface area contributed by atoms with Gasteiger partial charge in [0.15, 0.2) is 0 Å². The van der Waals surface area contributed by atoms with Crippen molar-refractivity contribution in [3.8, 4) is 0 Å². The Labute approximate surface area is 234 Å². The van der Waals surface area contributed by atoms with Gasteiger partial charge in [0, 0.05) is 83.2 Å². The molecule has 11 heteroatoms. The van der Waals surface area contributed by atoms with Crippen LogP contribution in [0.2, 0.25) is 0 Å². The molecule has 0 spiro atoms. The van der Waals surface area contributed by atoms with Crippen molar-refractivity contribution in [1.82, 2.24) is 19.7 Å². The number of anilines is 1. The molecule has 1 amide bonds. The van der Waals surface area contributed by atoms with Gasteiger partial charge in [-0.3, -0.25) is 19.6 Å². The van der Waals surface area contributed by atoms with Crippen LogP contribution in [-0.2, 0) is 17.5 Å². The van der Waals surface area contributed by atoms with Crippen LogP contribution in [0.25, 0.3) is 0 Å². The molecule has 3 heterocycles. The second-order valence-corrected chi connectivity index (χ2v) is 10.6. The van der Waals surface area contributed by atoms with E-state index < -0.39 is 11.7 Å². The summed E-state index contributed by atoms with van der Waals surface area (Å²) in [5.74, 6) is 0.157. The first-order valence-corrected chi connectivity index (χ1v) is 14.1. The van der Waals surface area contributed by atoms with Crippen LogP contribution in [0.4, 0.5) is 18.9 Å². The fraction of sp³-hybridized carbons (Fsp3) is 0.586. The molecular weight excluding hydrogens is 523 g/mol. The van der Waals surface area contributed by atoms with E-state index in [1.807, 2.05) is 23.1 Å². The van der Waals surface area contributed by atoms with Gasteiger partial charge in [-0.05, 0) is 49.1 Å². The number of rotatable bonds is 11. The van der Waals surface area contributed by atoms with Gasteiger partial charge in [0.25, 0.3) is 0 Å². The first-order chi connectivity index (χ1) is 19.3. The third-order valence-corrected chi connectivity index (χ3v) is 8.03. The number of halogens is 3. The summed E-state index contributed by atoms with van der Waals surface area (Å²) in [5.41, 5.74) is 0.964. The molecule has 2 saturated heterocycles. The van der Waals surface area contributed by atoms with Gasteiger partial charge >= 0.3 is 6.18 Å². The zero-order chi connectivity index (χ0) is 28.5. The lowest BCUT2D eigenvalue weighted by atomic mass is 9.86. The summed E-state index contributed by atoms with van der Waals surface area (Å²) in [6, 6.07) is 11.7. The average molecular weight is 564 g/mol. The summed E-state index contributed by atoms with van der Waals surface area (Å²) in [5, 5.41) is 18.6. The summed E-state index contributed by atoms with van der Waals surface area (Å²) in [7, 11) is 0. The predicted octanol–water partition coefficient (Wildman–Crippen LogP) is 2.71. The summed E-state index contributed by atoms with van der Waals surface area (Å²) in [6.45, 7) is 5.35. The highest BCUT2D eigenvalue weighted by atomic mass is 19.4. The standard InChI is InChI=1S/C29H40F3N5O3/c30-29(31,32)24-4-3-6-26(20-24)35-12-14-36(15-13-35)27-9-11-34(22-25-5-1-2-10-33-25)21-23(27)7-8-28(40)37(16-18-38)17-19-39/h1-6,10,20,23,27,38-39H,7-9,11-19,21-22H2/t23-,27+/m1/s1. The Hall–Kier alpha value is -2.73. The van der Waals surface area contributed by atoms with Gasteiger partial charge in [0.2, 0.25) is 5.91 Å². The van der Waals surface area contributed by atoms with Crippen LogP contribution in [0, 0.1) is 5.92 Å². The largest absolute Gasteiger partial charge is 0.416 e. The van der Waals surface area contributed by atoms with E-state index in [1.54, 1.807) is 12.3 Å². The molecule has 2 atom stereocenters. The number of alkyl halides is 3. The van der Waals surface area contributed by atoms with Gasteiger partial charge < -0.3 is 20.0 Å². The number of piperidine rings is 1. The normalized spacial score (nSPS) is 21.0. The van der Waals surface area contributed by atoms with Gasteiger partial charge in [-0.25, -0.2) is 0 Å². The van der Waals surface area contributed by atoms with Crippen molar-refractivity contribution in [2.24, 2.45) is 5.92 Å². The number of aliphatic hydroxyl groups is 2. The van der Waals surface area contributed by atoms with Crippen molar-refractivity contribution in [3.05, 3.63) is 59.9 Å². The molecule has 220 valence electrons. The number of pyridine rings is 1. The van der Waals surface area contributed by atoms with E-state index in [4.69, 9.17) is 0 Å². The summed E-state index contributed by atoms with van der Waals surface area (Å²) >= 11 is 0. The molecule has 40 heavy (non-hydrogen) atoms. The van der Waals surface area contributed by atoms with Crippen LogP contribution >= 0.6 is 0 Å². The number of likely N-dealkylation sites (tertiary alicyclic amines) is 1. The fourth-order valence-electron chi connectivity index (χ4n) is 5.98. The van der Waals surface area contributed by atoms with Gasteiger partial charge in [0.1, 0.15) is 0 Å². The molecule has 0 saturated carbocycles. The molecule has 2 fully saturated rings. The van der Waals surface area contributed by atoms with Crippen LogP contribution in [0.1, 0.15) is 30.5 Å². The maximum absolute atomic E-state index is 13.2. The van der Waals surface area contributed by atoms with E-state index in [2.05, 4.69) is 14.8 Å². The molecule has 2 aliphatic rings. The second kappa shape index (κ2) is 14.2. The Bertz CT molecular complexity index is 1060. The summed E-state index contributed by atoms with van der Waals surface area (Å²) in [4.78, 5) is 25.7. The molecule has 0 unspecified atom stereocenters. The van der Waals surface area contributed by atoms with Crippen molar-refractivity contribution in [2.45, 2.75) is 38.0 Å². The van der Waals surface area contributed by atoms with Crippen LogP contribution < -0.4 is 4.90 Å². The molecule has 0 bridgehead atoms. The molecule has 0 radical (unpaired) electrons. The fourth-order valence-corrected chi connectivity index (χ4v) is 5.98. The first kappa shape index (κ1) is 30.2. The molecule has 8 nitrogen and oxygen atoms in total. The smallest absolute Gasteiger partial charge is 0.395 e. The van der Waals surface area contributed by atoms with Gasteiger partial charge in [-0.1, -0.05) is 12.1 Å². The minimum atomic E-state index is -4.37. The van der Waals surface area contributed by atoms with E-state index in [-0.39, 0.29) is 44.2 Å². The number of carbonyl (C=O) groups excluding carboxylic acids is 1. The van der Waals surface area contributed by atoms with Gasteiger partial charge in [0.05, 0.1) is 24.5 Å². The Morgan fingerprint density at radius 3 is 2.40 bits per heavy atom. The lowest BCUT2D eigenvalue weighted by Gasteiger charge is -2.47. The summed E-state index contributed by atoms with van der Waals surface area (Å²) in [6.07, 6.45) is -0.618. The zero-order valence-electron chi connectivity index (χ0n) is 22.8. The molecule has 0 aliphatic carbocycles. The number of nitrogens with zero attached hydrogens (tertiary/aromatic N) is 5. The Balaban J connectivity index is 1.41. The van der Waals surface area contributed by atoms with Crippen molar-refractivity contribution in [2.75, 3.05) is 70.5 Å². The number of piperazine rings is 1. The van der Waals surface area contributed by atoms with E-state index in [0.29, 0.717) is 31.6 Å². The Kier molecular flexibility index (Phi) is 10.8. The minimum Gasteiger partial charge on any atom is -0.395 e. The highest BCUT2D eigenvalue weighted by Gasteiger charge is 2.36. The molecule has 4 rings (SSSR count). The third-order valence-electron chi connectivity index (χ3n) is 8.03. The number of hydrogen-bond donors (Lipinski definition) is 2. The number of aliphatic hydroxyl groups excluding tert-OH is 2. The second-order valence-electron chi connectivity index (χ2n) is 10.6. The molecule has 1 aromatic heterocycles. The van der Waals surface area contributed by atoms with Crippen LogP contribution in [0.3, 0.4) is 0 Å². The van der Waals surface area contributed by atoms with Crippen LogP contribution in [0.5, 0.6) is 0 Å². The minimum absolute atomic E-state index is 0.0712. The molecule has 1 aromatic carbocycles. The zero-order valence-corrected chi connectivity index (χ0v) is 22.8. The van der Waals surface area contributed by atoms with Crippen molar-refractivity contribution < 1.29 is 28.2 Å². The SMILES string of the molecule is O=C(CC[C@@H]1CN(Cc2ccccn2)CC[C@@H]1N1CCN(c2cccc(C(F)(F)F)c2)CC1)N(CCO)CCO. The lowest BCUT2D eigenvalue weighted by Crippen LogP contribution is -2.56. The van der Waals surface area contributed by atoms with Crippen molar-refractivity contribution in [3.63, 3.8) is 0 Å². The van der Waals surface area contributed by atoms with Crippen molar-refractivity contribution >= 4 is 11.6 Å². The van der Waals surface area contributed by atoms with E-state index in [9.17, 15) is 28.2 Å². The van der Waals surface area contributed by atoms with E-state index in [1.165, 1.54) is 17.0 Å². The molecular formula is C29H40F3N5O3. The highest BCUT2D eigenvalue weighted by Crippen LogP contribution is 2.33. The van der Waals surface area contributed by atoms with E-state index in [0.717, 1.165) is 50.9 Å². The Morgan fingerprint density at radius 2 is 1.75 bits per heavy atom. The van der Waals surface area contributed by atoms with Crippen LogP contribution in [-0.4, -0.2) is 107 Å². The molecule has 2 aromatic rings. The maximum Gasteiger partial charge on any atom is 0.416 e. The molecule has 2 aliphatic heterocycles. The third kappa shape index (κ3) is 8.15. The number of carbonyl (C=O) groups is 1. The number of aromatic nitrogens is 1. The predicted molar refractivity (Wildman–Crippen MR) is 147 cm³/mol. The van der Waals surface area contributed by atoms with E-state index >= 15 is 0 Å². The summed E-state index contributed by atoms with van der Waals surface area (Å²) < 4.78 is 39.7. The average Bonchev–Trinajstić information content (AvgIpc) is 2.96. The maximum atomic E-state index is 13.2. The van der Waals surface area contributed by atoms with Crippen molar-refractivity contribution in [1.29, 1.82) is 0 Å². The molecule has 2 N–H and O–H groups in total. The number of amides is 1. The van der Waals surface area contributed by atoms with Gasteiger partial charge in [-0.15, -0.1) is 0 Å².